The molecule has 0 fully saturated rings. The molecule has 0 atom stereocenters. The summed E-state index contributed by atoms with van der Waals surface area (Å²) in [5.74, 6) is -2.79. The molecule has 9 heteroatoms. The Morgan fingerprint density at radius 2 is 1.72 bits per heavy atom. The molecule has 7 nitrogen and oxygen atoms in total. The molecule has 0 aliphatic carbocycles. The molecule has 2 rings (SSSR count). The predicted molar refractivity (Wildman–Crippen MR) is 88.0 cm³/mol. The number of carbonyl (C=O) groups is 2. The van der Waals surface area contributed by atoms with E-state index in [2.05, 4.69) is 5.32 Å². The second-order valence-electron chi connectivity index (χ2n) is 5.13. The highest BCUT2D eigenvalue weighted by Gasteiger charge is 2.21. The number of anilines is 2. The Balaban J connectivity index is 2.24. The summed E-state index contributed by atoms with van der Waals surface area (Å²) in [4.78, 5) is 23.2. The fourth-order valence-electron chi connectivity index (χ4n) is 2.10. The molecule has 0 spiro atoms. The van der Waals surface area contributed by atoms with E-state index in [1.165, 1.54) is 36.4 Å². The third-order valence-electron chi connectivity index (χ3n) is 3.22. The van der Waals surface area contributed by atoms with Gasteiger partial charge in [0.1, 0.15) is 12.4 Å². The van der Waals surface area contributed by atoms with E-state index in [9.17, 15) is 27.5 Å². The van der Waals surface area contributed by atoms with Crippen LogP contribution >= 0.6 is 0 Å². The SMILES string of the molecule is CS(=O)(=O)N(CC(=O)Nc1ccccc1C(=O)[O-])c1ccc(F)cc1. The van der Waals surface area contributed by atoms with Crippen LogP contribution in [-0.4, -0.2) is 33.1 Å². The average molecular weight is 365 g/mol. The van der Waals surface area contributed by atoms with Crippen molar-refractivity contribution in [1.82, 2.24) is 0 Å². The molecule has 0 aromatic heterocycles. The maximum absolute atomic E-state index is 13.0. The lowest BCUT2D eigenvalue weighted by Gasteiger charge is -2.22. The number of nitrogens with one attached hydrogen (secondary N) is 1. The molecule has 0 unspecified atom stereocenters. The van der Waals surface area contributed by atoms with E-state index < -0.39 is 34.3 Å². The molecule has 2 aromatic carbocycles. The summed E-state index contributed by atoms with van der Waals surface area (Å²) in [6.07, 6.45) is 0.902. The fraction of sp³-hybridized carbons (Fsp3) is 0.125. The fourth-order valence-corrected chi connectivity index (χ4v) is 2.95. The van der Waals surface area contributed by atoms with Crippen molar-refractivity contribution in [3.63, 3.8) is 0 Å². The van der Waals surface area contributed by atoms with Crippen molar-refractivity contribution in [2.75, 3.05) is 22.4 Å². The van der Waals surface area contributed by atoms with Crippen molar-refractivity contribution in [2.45, 2.75) is 0 Å². The normalized spacial score (nSPS) is 11.0. The Bertz CT molecular complexity index is 897. The van der Waals surface area contributed by atoms with Gasteiger partial charge < -0.3 is 15.2 Å². The number of para-hydroxylation sites is 1. The highest BCUT2D eigenvalue weighted by molar-refractivity contribution is 7.92. The van der Waals surface area contributed by atoms with E-state index in [1.807, 2.05) is 0 Å². The molecule has 0 bridgehead atoms. The zero-order chi connectivity index (χ0) is 18.6. The monoisotopic (exact) mass is 365 g/mol. The zero-order valence-corrected chi connectivity index (χ0v) is 13.9. The molecule has 0 saturated heterocycles. The summed E-state index contributed by atoms with van der Waals surface area (Å²) in [5.41, 5.74) is -0.143. The maximum atomic E-state index is 13.0. The van der Waals surface area contributed by atoms with Gasteiger partial charge in [-0.15, -0.1) is 0 Å². The minimum Gasteiger partial charge on any atom is -0.545 e. The Hall–Kier alpha value is -2.94. The topological polar surface area (TPSA) is 107 Å². The van der Waals surface area contributed by atoms with Gasteiger partial charge in [0.05, 0.1) is 17.9 Å². The molecule has 0 radical (unpaired) electrons. The molecule has 2 aromatic rings. The number of benzene rings is 2. The quantitative estimate of drug-likeness (QED) is 0.806. The second kappa shape index (κ2) is 7.31. The maximum Gasteiger partial charge on any atom is 0.245 e. The average Bonchev–Trinajstić information content (AvgIpc) is 2.53. The third-order valence-corrected chi connectivity index (χ3v) is 4.36. The molecular formula is C16H14FN2O5S-. The van der Waals surface area contributed by atoms with Crippen molar-refractivity contribution in [2.24, 2.45) is 0 Å². The number of rotatable bonds is 6. The Morgan fingerprint density at radius 1 is 1.12 bits per heavy atom. The third kappa shape index (κ3) is 4.77. The molecule has 1 N–H and O–H groups in total. The van der Waals surface area contributed by atoms with E-state index >= 15 is 0 Å². The van der Waals surface area contributed by atoms with Gasteiger partial charge in [-0.1, -0.05) is 18.2 Å². The van der Waals surface area contributed by atoms with Gasteiger partial charge in [-0.25, -0.2) is 12.8 Å². The first-order valence-corrected chi connectivity index (χ1v) is 8.87. The molecular weight excluding hydrogens is 351 g/mol. The van der Waals surface area contributed by atoms with Crippen molar-refractivity contribution in [3.8, 4) is 0 Å². The van der Waals surface area contributed by atoms with Gasteiger partial charge in [0.2, 0.25) is 15.9 Å². The van der Waals surface area contributed by atoms with E-state index in [-0.39, 0.29) is 16.9 Å². The Labute approximate surface area is 143 Å². The minimum atomic E-state index is -3.82. The number of hydrogen-bond donors (Lipinski definition) is 1. The van der Waals surface area contributed by atoms with Crippen LogP contribution in [0, 0.1) is 5.82 Å². The zero-order valence-electron chi connectivity index (χ0n) is 13.1. The summed E-state index contributed by atoms with van der Waals surface area (Å²) in [7, 11) is -3.82. The number of carbonyl (C=O) groups excluding carboxylic acids is 2. The van der Waals surface area contributed by atoms with Crippen LogP contribution < -0.4 is 14.7 Å². The lowest BCUT2D eigenvalue weighted by atomic mass is 10.2. The molecule has 0 aliphatic heterocycles. The summed E-state index contributed by atoms with van der Waals surface area (Å²) in [5, 5.41) is 13.4. The van der Waals surface area contributed by atoms with Crippen molar-refractivity contribution < 1.29 is 27.5 Å². The molecule has 0 heterocycles. The van der Waals surface area contributed by atoms with Crippen molar-refractivity contribution in [3.05, 3.63) is 59.9 Å². The number of amides is 1. The first-order valence-electron chi connectivity index (χ1n) is 7.02. The highest BCUT2D eigenvalue weighted by atomic mass is 32.2. The van der Waals surface area contributed by atoms with Gasteiger partial charge in [0.15, 0.2) is 0 Å². The van der Waals surface area contributed by atoms with Crippen molar-refractivity contribution >= 4 is 33.3 Å². The summed E-state index contributed by atoms with van der Waals surface area (Å²) in [6, 6.07) is 10.1. The van der Waals surface area contributed by atoms with Crippen LogP contribution in [0.1, 0.15) is 10.4 Å². The standard InChI is InChI=1S/C16H15FN2O5S/c1-25(23,24)19(12-8-6-11(17)7-9-12)10-15(20)18-14-5-3-2-4-13(14)16(21)22/h2-9H,10H2,1H3,(H,18,20)(H,21,22)/p-1. The molecule has 25 heavy (non-hydrogen) atoms. The Morgan fingerprint density at radius 3 is 2.28 bits per heavy atom. The second-order valence-corrected chi connectivity index (χ2v) is 7.03. The predicted octanol–water partition coefficient (Wildman–Crippen LogP) is 0.594. The smallest absolute Gasteiger partial charge is 0.245 e. The van der Waals surface area contributed by atoms with Crippen LogP contribution in [-0.2, 0) is 14.8 Å². The van der Waals surface area contributed by atoms with Crippen LogP contribution in [0.15, 0.2) is 48.5 Å². The molecule has 1 amide bonds. The molecule has 0 saturated carbocycles. The largest absolute Gasteiger partial charge is 0.545 e. The number of hydrogen-bond acceptors (Lipinski definition) is 5. The van der Waals surface area contributed by atoms with Gasteiger partial charge in [0, 0.05) is 11.3 Å². The number of carboxylic acids is 1. The van der Waals surface area contributed by atoms with Gasteiger partial charge in [-0.05, 0) is 30.3 Å². The van der Waals surface area contributed by atoms with Gasteiger partial charge in [0.25, 0.3) is 0 Å². The first-order chi connectivity index (χ1) is 11.7. The number of aromatic carboxylic acids is 1. The summed E-state index contributed by atoms with van der Waals surface area (Å²) in [6.45, 7) is -0.605. The van der Waals surface area contributed by atoms with Crippen LogP contribution in [0.2, 0.25) is 0 Å². The van der Waals surface area contributed by atoms with E-state index in [0.717, 1.165) is 22.7 Å². The van der Waals surface area contributed by atoms with Crippen LogP contribution in [0.5, 0.6) is 0 Å². The number of carboxylic acid groups (broad SMARTS) is 1. The summed E-state index contributed by atoms with van der Waals surface area (Å²) >= 11 is 0. The minimum absolute atomic E-state index is 0.0138. The Kier molecular flexibility index (Phi) is 5.38. The van der Waals surface area contributed by atoms with Crippen LogP contribution in [0.3, 0.4) is 0 Å². The van der Waals surface area contributed by atoms with E-state index in [1.54, 1.807) is 0 Å². The van der Waals surface area contributed by atoms with Gasteiger partial charge in [-0.2, -0.15) is 0 Å². The molecule has 132 valence electrons. The number of nitrogens with zero attached hydrogens (tertiary/aromatic N) is 1. The highest BCUT2D eigenvalue weighted by Crippen LogP contribution is 2.19. The number of sulfonamides is 1. The first kappa shape index (κ1) is 18.4. The van der Waals surface area contributed by atoms with Crippen molar-refractivity contribution in [1.29, 1.82) is 0 Å². The molecule has 0 aliphatic rings. The lowest BCUT2D eigenvalue weighted by molar-refractivity contribution is -0.254. The van der Waals surface area contributed by atoms with Crippen LogP contribution in [0.4, 0.5) is 15.8 Å². The van der Waals surface area contributed by atoms with Gasteiger partial charge >= 0.3 is 0 Å². The lowest BCUT2D eigenvalue weighted by Crippen LogP contribution is -2.37. The van der Waals surface area contributed by atoms with E-state index in [0.29, 0.717) is 0 Å². The van der Waals surface area contributed by atoms with Crippen LogP contribution in [0.25, 0.3) is 0 Å². The number of halogens is 1. The van der Waals surface area contributed by atoms with Gasteiger partial charge in [-0.3, -0.25) is 9.10 Å². The summed E-state index contributed by atoms with van der Waals surface area (Å²) < 4.78 is 37.6. The van der Waals surface area contributed by atoms with E-state index in [4.69, 9.17) is 0 Å².